The SMILES string of the molecule is CCNC(=O)Cn1c(CO)cnc1SCC(=O)Nc1cccc2ccccc12. The molecule has 0 aliphatic carbocycles. The third kappa shape index (κ3) is 4.71. The molecule has 0 aliphatic heterocycles. The minimum Gasteiger partial charge on any atom is -0.390 e. The Labute approximate surface area is 167 Å². The average molecular weight is 398 g/mol. The maximum absolute atomic E-state index is 12.4. The Bertz CT molecular complexity index is 981. The van der Waals surface area contributed by atoms with Crippen LogP contribution in [0.25, 0.3) is 10.8 Å². The fourth-order valence-corrected chi connectivity index (χ4v) is 3.65. The number of rotatable bonds is 8. The predicted molar refractivity (Wildman–Crippen MR) is 110 cm³/mol. The number of carbonyl (C=O) groups is 2. The number of aromatic nitrogens is 2. The van der Waals surface area contributed by atoms with Gasteiger partial charge in [-0.15, -0.1) is 0 Å². The first-order valence-corrected chi connectivity index (χ1v) is 9.93. The van der Waals surface area contributed by atoms with Crippen LogP contribution < -0.4 is 10.6 Å². The molecule has 1 aromatic heterocycles. The minimum absolute atomic E-state index is 0.0526. The molecule has 0 atom stereocenters. The normalized spacial score (nSPS) is 10.8. The highest BCUT2D eigenvalue weighted by atomic mass is 32.2. The first kappa shape index (κ1) is 19.9. The summed E-state index contributed by atoms with van der Waals surface area (Å²) in [5.41, 5.74) is 1.29. The molecule has 0 bridgehead atoms. The third-order valence-corrected chi connectivity index (χ3v) is 5.13. The van der Waals surface area contributed by atoms with Crippen LogP contribution in [-0.2, 0) is 22.7 Å². The molecule has 0 fully saturated rings. The van der Waals surface area contributed by atoms with Crippen LogP contribution in [0.4, 0.5) is 5.69 Å². The van der Waals surface area contributed by atoms with E-state index in [1.165, 1.54) is 18.0 Å². The molecule has 0 aliphatic rings. The largest absolute Gasteiger partial charge is 0.390 e. The van der Waals surface area contributed by atoms with Gasteiger partial charge in [-0.2, -0.15) is 0 Å². The molecule has 8 heteroatoms. The second-order valence-corrected chi connectivity index (χ2v) is 7.04. The number of benzene rings is 2. The van der Waals surface area contributed by atoms with Crippen LogP contribution in [0.5, 0.6) is 0 Å². The summed E-state index contributed by atoms with van der Waals surface area (Å²) in [4.78, 5) is 28.6. The molecular formula is C20H22N4O3S. The van der Waals surface area contributed by atoms with Crippen LogP contribution in [0.2, 0.25) is 0 Å². The smallest absolute Gasteiger partial charge is 0.240 e. The second-order valence-electron chi connectivity index (χ2n) is 6.09. The van der Waals surface area contributed by atoms with Crippen molar-refractivity contribution in [2.24, 2.45) is 0 Å². The number of carbonyl (C=O) groups excluding carboxylic acids is 2. The molecule has 0 unspecified atom stereocenters. The van der Waals surface area contributed by atoms with Gasteiger partial charge in [0, 0.05) is 17.6 Å². The number of hydrogen-bond donors (Lipinski definition) is 3. The van der Waals surface area contributed by atoms with Gasteiger partial charge in [-0.3, -0.25) is 9.59 Å². The monoisotopic (exact) mass is 398 g/mol. The van der Waals surface area contributed by atoms with Crippen LogP contribution in [0.15, 0.2) is 53.8 Å². The van der Waals surface area contributed by atoms with Gasteiger partial charge in [-0.05, 0) is 18.4 Å². The number of fused-ring (bicyclic) bond motifs is 1. The number of likely N-dealkylation sites (N-methyl/N-ethyl adjacent to an activating group) is 1. The third-order valence-electron chi connectivity index (χ3n) is 4.14. The topological polar surface area (TPSA) is 96.2 Å². The number of nitrogens with zero attached hydrogens (tertiary/aromatic N) is 2. The van der Waals surface area contributed by atoms with Gasteiger partial charge < -0.3 is 20.3 Å². The summed E-state index contributed by atoms with van der Waals surface area (Å²) in [6, 6.07) is 13.6. The Morgan fingerprint density at radius 1 is 1.14 bits per heavy atom. The van der Waals surface area contributed by atoms with Crippen LogP contribution >= 0.6 is 11.8 Å². The highest BCUT2D eigenvalue weighted by Crippen LogP contribution is 2.24. The Balaban J connectivity index is 1.67. The van der Waals surface area contributed by atoms with Gasteiger partial charge in [0.1, 0.15) is 6.54 Å². The number of aliphatic hydroxyl groups excluding tert-OH is 1. The van der Waals surface area contributed by atoms with E-state index in [-0.39, 0.29) is 30.7 Å². The van der Waals surface area contributed by atoms with Crippen LogP contribution in [0.3, 0.4) is 0 Å². The molecule has 3 aromatic rings. The number of hydrogen-bond acceptors (Lipinski definition) is 5. The van der Waals surface area contributed by atoms with Gasteiger partial charge in [0.2, 0.25) is 11.8 Å². The molecule has 0 spiro atoms. The van der Waals surface area contributed by atoms with Crippen molar-refractivity contribution in [1.29, 1.82) is 0 Å². The summed E-state index contributed by atoms with van der Waals surface area (Å²) < 4.78 is 1.63. The molecule has 3 rings (SSSR count). The molecule has 7 nitrogen and oxygen atoms in total. The van der Waals surface area contributed by atoms with E-state index in [1.54, 1.807) is 4.57 Å². The van der Waals surface area contributed by atoms with E-state index in [0.29, 0.717) is 17.4 Å². The quantitative estimate of drug-likeness (QED) is 0.507. The number of thioether (sulfide) groups is 1. The van der Waals surface area contributed by atoms with Crippen molar-refractivity contribution >= 4 is 40.0 Å². The van der Waals surface area contributed by atoms with Crippen LogP contribution in [0, 0.1) is 0 Å². The van der Waals surface area contributed by atoms with E-state index in [1.807, 2.05) is 49.4 Å². The summed E-state index contributed by atoms with van der Waals surface area (Å²) in [5.74, 6) is -0.197. The zero-order chi connectivity index (χ0) is 19.9. The molecule has 1 heterocycles. The van der Waals surface area contributed by atoms with Crippen molar-refractivity contribution < 1.29 is 14.7 Å². The second kappa shape index (κ2) is 9.38. The average Bonchev–Trinajstić information content (AvgIpc) is 3.08. The number of imidazole rings is 1. The Hall–Kier alpha value is -2.84. The van der Waals surface area contributed by atoms with Gasteiger partial charge in [-0.1, -0.05) is 48.2 Å². The fraction of sp³-hybridized carbons (Fsp3) is 0.250. The van der Waals surface area contributed by atoms with E-state index in [4.69, 9.17) is 0 Å². The van der Waals surface area contributed by atoms with E-state index in [0.717, 1.165) is 16.5 Å². The number of aliphatic hydroxyl groups is 1. The fourth-order valence-electron chi connectivity index (χ4n) is 2.85. The zero-order valence-electron chi connectivity index (χ0n) is 15.5. The minimum atomic E-state index is -0.227. The summed E-state index contributed by atoms with van der Waals surface area (Å²) in [5, 5.41) is 17.7. The molecule has 0 saturated heterocycles. The van der Waals surface area contributed by atoms with Gasteiger partial charge in [0.15, 0.2) is 5.16 Å². The Morgan fingerprint density at radius 2 is 1.93 bits per heavy atom. The molecule has 0 saturated carbocycles. The summed E-state index contributed by atoms with van der Waals surface area (Å²) >= 11 is 1.22. The van der Waals surface area contributed by atoms with Crippen molar-refractivity contribution in [2.75, 3.05) is 17.6 Å². The molecule has 146 valence electrons. The van der Waals surface area contributed by atoms with Gasteiger partial charge >= 0.3 is 0 Å². The van der Waals surface area contributed by atoms with Crippen LogP contribution in [0.1, 0.15) is 12.6 Å². The van der Waals surface area contributed by atoms with E-state index >= 15 is 0 Å². The maximum Gasteiger partial charge on any atom is 0.240 e. The van der Waals surface area contributed by atoms with Gasteiger partial charge in [-0.25, -0.2) is 4.98 Å². The molecular weight excluding hydrogens is 376 g/mol. The highest BCUT2D eigenvalue weighted by Gasteiger charge is 2.15. The highest BCUT2D eigenvalue weighted by molar-refractivity contribution is 7.99. The van der Waals surface area contributed by atoms with E-state index in [2.05, 4.69) is 15.6 Å². The lowest BCUT2D eigenvalue weighted by molar-refractivity contribution is -0.121. The van der Waals surface area contributed by atoms with Crippen molar-refractivity contribution in [3.63, 3.8) is 0 Å². The van der Waals surface area contributed by atoms with E-state index in [9.17, 15) is 14.7 Å². The molecule has 3 N–H and O–H groups in total. The summed E-state index contributed by atoms with van der Waals surface area (Å²) in [7, 11) is 0. The standard InChI is InChI=1S/C20H22N4O3S/c1-2-21-18(26)11-24-15(12-25)10-22-20(24)28-13-19(27)23-17-9-5-7-14-6-3-4-8-16(14)17/h3-10,25H,2,11-13H2,1H3,(H,21,26)(H,23,27). The Kier molecular flexibility index (Phi) is 6.67. The summed E-state index contributed by atoms with van der Waals surface area (Å²) in [6.07, 6.45) is 1.52. The Morgan fingerprint density at radius 3 is 2.71 bits per heavy atom. The van der Waals surface area contributed by atoms with Crippen LogP contribution in [-0.4, -0.2) is 38.8 Å². The molecule has 28 heavy (non-hydrogen) atoms. The van der Waals surface area contributed by atoms with Crippen molar-refractivity contribution in [2.45, 2.75) is 25.2 Å². The lowest BCUT2D eigenvalue weighted by atomic mass is 10.1. The van der Waals surface area contributed by atoms with Crippen molar-refractivity contribution in [3.8, 4) is 0 Å². The van der Waals surface area contributed by atoms with Crippen molar-refractivity contribution in [3.05, 3.63) is 54.4 Å². The molecule has 0 radical (unpaired) electrons. The maximum atomic E-state index is 12.4. The number of nitrogens with one attached hydrogen (secondary N) is 2. The lowest BCUT2D eigenvalue weighted by Crippen LogP contribution is -2.28. The van der Waals surface area contributed by atoms with Crippen molar-refractivity contribution in [1.82, 2.24) is 14.9 Å². The number of anilines is 1. The zero-order valence-corrected chi connectivity index (χ0v) is 16.3. The first-order chi connectivity index (χ1) is 13.6. The molecule has 2 amide bonds. The summed E-state index contributed by atoms with van der Waals surface area (Å²) in [6.45, 7) is 2.19. The number of amides is 2. The predicted octanol–water partition coefficient (Wildman–Crippen LogP) is 2.40. The lowest BCUT2D eigenvalue weighted by Gasteiger charge is -2.11. The first-order valence-electron chi connectivity index (χ1n) is 8.94. The van der Waals surface area contributed by atoms with E-state index < -0.39 is 0 Å². The van der Waals surface area contributed by atoms with Gasteiger partial charge in [0.25, 0.3) is 0 Å². The van der Waals surface area contributed by atoms with Gasteiger partial charge in [0.05, 0.1) is 24.3 Å². The molecule has 2 aromatic carbocycles.